The van der Waals surface area contributed by atoms with Gasteiger partial charge in [-0.25, -0.2) is 0 Å². The van der Waals surface area contributed by atoms with Crippen LogP contribution in [0, 0.1) is 17.8 Å². The number of benzene rings is 1. The second kappa shape index (κ2) is 5.92. The molecule has 2 aliphatic rings. The third-order valence-electron chi connectivity index (χ3n) is 5.60. The number of ether oxygens (including phenoxy) is 1. The van der Waals surface area contributed by atoms with Gasteiger partial charge in [0.2, 0.25) is 5.91 Å². The lowest BCUT2D eigenvalue weighted by Gasteiger charge is -2.29. The van der Waals surface area contributed by atoms with E-state index in [1.165, 1.54) is 7.11 Å². The summed E-state index contributed by atoms with van der Waals surface area (Å²) in [5.74, 6) is 0.272. The number of para-hydroxylation sites is 1. The van der Waals surface area contributed by atoms with Gasteiger partial charge in [0.05, 0.1) is 30.7 Å². The van der Waals surface area contributed by atoms with Crippen molar-refractivity contribution in [2.24, 2.45) is 17.8 Å². The van der Waals surface area contributed by atoms with E-state index in [1.807, 2.05) is 24.3 Å². The van der Waals surface area contributed by atoms with E-state index in [9.17, 15) is 9.59 Å². The maximum atomic E-state index is 12.5. The number of aromatic amines is 1. The molecule has 1 aromatic carbocycles. The van der Waals surface area contributed by atoms with Gasteiger partial charge in [-0.15, -0.1) is 0 Å². The zero-order chi connectivity index (χ0) is 16.7. The second-order valence-corrected chi connectivity index (χ2v) is 6.87. The Morgan fingerprint density at radius 2 is 2.08 bits per heavy atom. The summed E-state index contributed by atoms with van der Waals surface area (Å²) in [5.41, 5.74) is 1.66. The van der Waals surface area contributed by atoms with Gasteiger partial charge < -0.3 is 10.1 Å². The van der Waals surface area contributed by atoms with Crippen LogP contribution in [0.2, 0.25) is 0 Å². The molecule has 2 aliphatic carbocycles. The van der Waals surface area contributed by atoms with Crippen LogP contribution in [-0.2, 0) is 20.7 Å². The fraction of sp³-hybridized carbons (Fsp3) is 0.500. The largest absolute Gasteiger partial charge is 0.469 e. The van der Waals surface area contributed by atoms with Gasteiger partial charge >= 0.3 is 5.97 Å². The molecule has 0 spiro atoms. The van der Waals surface area contributed by atoms with Gasteiger partial charge in [-0.2, -0.15) is 5.10 Å². The minimum atomic E-state index is -0.198. The molecule has 2 fully saturated rings. The van der Waals surface area contributed by atoms with Crippen LogP contribution in [0.3, 0.4) is 0 Å². The molecular formula is C18H21N3O3. The van der Waals surface area contributed by atoms with Crippen molar-refractivity contribution in [2.75, 3.05) is 7.11 Å². The van der Waals surface area contributed by atoms with Gasteiger partial charge in [0, 0.05) is 11.4 Å². The lowest BCUT2D eigenvalue weighted by molar-refractivity contribution is -0.148. The Morgan fingerprint density at radius 1 is 1.29 bits per heavy atom. The smallest absolute Gasteiger partial charge is 0.311 e. The van der Waals surface area contributed by atoms with Crippen molar-refractivity contribution in [3.63, 3.8) is 0 Å². The molecule has 2 saturated carbocycles. The first kappa shape index (κ1) is 15.2. The van der Waals surface area contributed by atoms with Crippen LogP contribution in [0.15, 0.2) is 24.3 Å². The molecule has 0 aliphatic heterocycles. The second-order valence-electron chi connectivity index (χ2n) is 6.87. The number of hydrogen-bond donors (Lipinski definition) is 2. The molecule has 4 rings (SSSR count). The Hall–Kier alpha value is -2.37. The Bertz CT molecular complexity index is 785. The van der Waals surface area contributed by atoms with Crippen molar-refractivity contribution >= 4 is 22.8 Å². The van der Waals surface area contributed by atoms with Crippen LogP contribution in [0.25, 0.3) is 10.9 Å². The molecule has 1 heterocycles. The van der Waals surface area contributed by atoms with Crippen molar-refractivity contribution in [3.8, 4) is 0 Å². The fourth-order valence-corrected chi connectivity index (χ4v) is 4.52. The van der Waals surface area contributed by atoms with E-state index in [4.69, 9.17) is 4.74 Å². The van der Waals surface area contributed by atoms with E-state index in [0.717, 1.165) is 35.9 Å². The summed E-state index contributed by atoms with van der Waals surface area (Å²) in [7, 11) is 1.42. The number of nitrogens with zero attached hydrogens (tertiary/aromatic N) is 1. The summed E-state index contributed by atoms with van der Waals surface area (Å²) < 4.78 is 4.96. The van der Waals surface area contributed by atoms with Crippen LogP contribution in [0.4, 0.5) is 0 Å². The highest BCUT2D eigenvalue weighted by Gasteiger charge is 2.51. The zero-order valence-electron chi connectivity index (χ0n) is 13.6. The molecule has 1 aromatic heterocycles. The van der Waals surface area contributed by atoms with Gasteiger partial charge in [-0.1, -0.05) is 18.2 Å². The SMILES string of the molecule is COC(=O)[C@@H]1[C@H]2CC[C@@H](C2)[C@H]1NC(=O)Cc1[nH]nc2ccccc12. The standard InChI is InChI=1S/C18H21N3O3/c1-24-18(23)16-10-6-7-11(8-10)17(16)19-15(22)9-14-12-4-2-3-5-13(12)20-21-14/h2-5,10-11,16-17H,6-9H2,1H3,(H,19,22)(H,20,21)/t10-,11-,16+,17+/m0/s1. The van der Waals surface area contributed by atoms with Crippen molar-refractivity contribution in [3.05, 3.63) is 30.0 Å². The molecule has 2 aromatic rings. The van der Waals surface area contributed by atoms with Crippen molar-refractivity contribution in [2.45, 2.75) is 31.7 Å². The van der Waals surface area contributed by atoms with Crippen LogP contribution >= 0.6 is 0 Å². The van der Waals surface area contributed by atoms with E-state index in [-0.39, 0.29) is 30.3 Å². The Kier molecular flexibility index (Phi) is 3.75. The molecule has 0 radical (unpaired) electrons. The van der Waals surface area contributed by atoms with Gasteiger partial charge in [0.25, 0.3) is 0 Å². The average molecular weight is 327 g/mol. The highest BCUT2D eigenvalue weighted by molar-refractivity contribution is 5.87. The van der Waals surface area contributed by atoms with Crippen molar-refractivity contribution in [1.82, 2.24) is 15.5 Å². The van der Waals surface area contributed by atoms with E-state index in [0.29, 0.717) is 11.8 Å². The number of carbonyl (C=O) groups is 2. The molecule has 0 saturated heterocycles. The lowest BCUT2D eigenvalue weighted by atomic mass is 9.84. The molecule has 6 nitrogen and oxygen atoms in total. The number of methoxy groups -OCH3 is 1. The minimum absolute atomic E-state index is 0.0733. The molecular weight excluding hydrogens is 306 g/mol. The normalized spacial score (nSPS) is 28.2. The number of amides is 1. The topological polar surface area (TPSA) is 84.1 Å². The third kappa shape index (κ3) is 2.46. The summed E-state index contributed by atoms with van der Waals surface area (Å²) in [4.78, 5) is 24.6. The Balaban J connectivity index is 1.48. The van der Waals surface area contributed by atoms with E-state index in [2.05, 4.69) is 15.5 Å². The highest BCUT2D eigenvalue weighted by Crippen LogP contribution is 2.48. The Morgan fingerprint density at radius 3 is 2.92 bits per heavy atom. The lowest BCUT2D eigenvalue weighted by Crippen LogP contribution is -2.47. The molecule has 1 amide bonds. The van der Waals surface area contributed by atoms with Gasteiger partial charge in [-0.3, -0.25) is 14.7 Å². The number of esters is 1. The maximum Gasteiger partial charge on any atom is 0.311 e. The van der Waals surface area contributed by atoms with E-state index >= 15 is 0 Å². The van der Waals surface area contributed by atoms with Gasteiger partial charge in [-0.05, 0) is 37.2 Å². The van der Waals surface area contributed by atoms with Gasteiger partial charge in [0.1, 0.15) is 0 Å². The minimum Gasteiger partial charge on any atom is -0.469 e. The number of carbonyl (C=O) groups excluding carboxylic acids is 2. The summed E-state index contributed by atoms with van der Waals surface area (Å²) in [5, 5.41) is 11.2. The molecule has 6 heteroatoms. The summed E-state index contributed by atoms with van der Waals surface area (Å²) in [6.07, 6.45) is 3.39. The molecule has 0 unspecified atom stereocenters. The number of fused-ring (bicyclic) bond motifs is 3. The maximum absolute atomic E-state index is 12.5. The van der Waals surface area contributed by atoms with Gasteiger partial charge in [0.15, 0.2) is 0 Å². The quantitative estimate of drug-likeness (QED) is 0.839. The average Bonchev–Trinajstić information content (AvgIpc) is 3.29. The number of nitrogens with one attached hydrogen (secondary N) is 2. The first-order chi connectivity index (χ1) is 11.7. The molecule has 2 bridgehead atoms. The fourth-order valence-electron chi connectivity index (χ4n) is 4.52. The zero-order valence-corrected chi connectivity index (χ0v) is 13.6. The number of aromatic nitrogens is 2. The number of rotatable bonds is 4. The van der Waals surface area contributed by atoms with Crippen LogP contribution in [-0.4, -0.2) is 35.2 Å². The number of H-pyrrole nitrogens is 1. The van der Waals surface area contributed by atoms with Crippen LogP contribution < -0.4 is 5.32 Å². The molecule has 4 atom stereocenters. The first-order valence-electron chi connectivity index (χ1n) is 8.46. The summed E-state index contributed by atoms with van der Waals surface area (Å²) in [6.45, 7) is 0. The molecule has 2 N–H and O–H groups in total. The van der Waals surface area contributed by atoms with Crippen molar-refractivity contribution in [1.29, 1.82) is 0 Å². The number of hydrogen-bond acceptors (Lipinski definition) is 4. The van der Waals surface area contributed by atoms with Crippen LogP contribution in [0.1, 0.15) is 25.0 Å². The third-order valence-corrected chi connectivity index (χ3v) is 5.60. The predicted octanol–water partition coefficient (Wildman–Crippen LogP) is 1.81. The highest BCUT2D eigenvalue weighted by atomic mass is 16.5. The van der Waals surface area contributed by atoms with E-state index in [1.54, 1.807) is 0 Å². The monoisotopic (exact) mass is 327 g/mol. The van der Waals surface area contributed by atoms with Crippen molar-refractivity contribution < 1.29 is 14.3 Å². The first-order valence-corrected chi connectivity index (χ1v) is 8.46. The van der Waals surface area contributed by atoms with E-state index < -0.39 is 0 Å². The summed E-state index contributed by atoms with van der Waals surface area (Å²) in [6, 6.07) is 7.62. The van der Waals surface area contributed by atoms with Crippen LogP contribution in [0.5, 0.6) is 0 Å². The molecule has 24 heavy (non-hydrogen) atoms. The predicted molar refractivity (Wildman–Crippen MR) is 88.1 cm³/mol. The summed E-state index contributed by atoms with van der Waals surface area (Å²) >= 11 is 0. The Labute approximate surface area is 139 Å². The molecule has 126 valence electrons.